The molecule has 0 radical (unpaired) electrons. The Morgan fingerprint density at radius 3 is 1.62 bits per heavy atom. The number of hydrogen-bond donors (Lipinski definition) is 0. The average molecular weight is 762 g/mol. The van der Waals surface area contributed by atoms with Crippen LogP contribution in [0.25, 0.3) is 110 Å². The van der Waals surface area contributed by atoms with Gasteiger partial charge in [0.2, 0.25) is 0 Å². The van der Waals surface area contributed by atoms with E-state index in [4.69, 9.17) is 9.97 Å². The summed E-state index contributed by atoms with van der Waals surface area (Å²) in [5.74, 6) is 0.672. The van der Waals surface area contributed by atoms with Gasteiger partial charge in [-0.05, 0) is 119 Å². The first-order valence-electron chi connectivity index (χ1n) is 20.2. The number of rotatable bonds is 6. The van der Waals surface area contributed by atoms with E-state index in [1.165, 1.54) is 54.6 Å². The molecule has 60 heavy (non-hydrogen) atoms. The van der Waals surface area contributed by atoms with Crippen LogP contribution in [0.4, 0.5) is 0 Å². The molecule has 0 bridgehead atoms. The largest absolute Gasteiger partial charge is 0.228 e. The number of aromatic nitrogens is 2. The first kappa shape index (κ1) is 35.0. The third kappa shape index (κ3) is 6.34. The lowest BCUT2D eigenvalue weighted by Crippen LogP contribution is -1.96. The first-order valence-corrected chi connectivity index (χ1v) is 20.2. The second-order valence-corrected chi connectivity index (χ2v) is 15.3. The maximum absolute atomic E-state index is 9.30. The number of fused-ring (bicyclic) bond motifs is 5. The SMILES string of the molecule is N#Cc1ccc(-c2cccc(-c3cc(-c4ccccc4)nc(-c4ccc5cc(-c6ccc(-c7c8ccccc8cc8c7ccc7ccccc78)cc6)ccc5c4)n3)c2)cc1. The predicted molar refractivity (Wildman–Crippen MR) is 249 cm³/mol. The molecule has 0 saturated carbocycles. The van der Waals surface area contributed by atoms with Crippen LogP contribution in [0.15, 0.2) is 212 Å². The van der Waals surface area contributed by atoms with Crippen molar-refractivity contribution in [2.75, 3.05) is 0 Å². The van der Waals surface area contributed by atoms with Gasteiger partial charge in [0.25, 0.3) is 0 Å². The van der Waals surface area contributed by atoms with Gasteiger partial charge in [0.05, 0.1) is 23.0 Å². The van der Waals surface area contributed by atoms with E-state index in [9.17, 15) is 5.26 Å². The summed E-state index contributed by atoms with van der Waals surface area (Å²) in [5, 5.41) is 19.2. The van der Waals surface area contributed by atoms with E-state index in [2.05, 4.69) is 176 Å². The summed E-state index contributed by atoms with van der Waals surface area (Å²) in [5.41, 5.74) is 12.3. The van der Waals surface area contributed by atoms with Gasteiger partial charge in [-0.25, -0.2) is 9.97 Å². The minimum atomic E-state index is 0.642. The number of nitriles is 1. The summed E-state index contributed by atoms with van der Waals surface area (Å²) in [7, 11) is 0. The lowest BCUT2D eigenvalue weighted by Gasteiger charge is -2.14. The summed E-state index contributed by atoms with van der Waals surface area (Å²) in [4.78, 5) is 10.3. The van der Waals surface area contributed by atoms with Crippen molar-refractivity contribution in [2.24, 2.45) is 0 Å². The Labute approximate surface area is 348 Å². The lowest BCUT2D eigenvalue weighted by atomic mass is 9.89. The van der Waals surface area contributed by atoms with Gasteiger partial charge >= 0.3 is 0 Å². The van der Waals surface area contributed by atoms with Gasteiger partial charge in [0, 0.05) is 16.7 Å². The van der Waals surface area contributed by atoms with Crippen molar-refractivity contribution in [1.29, 1.82) is 5.26 Å². The van der Waals surface area contributed by atoms with Crippen molar-refractivity contribution in [3.05, 3.63) is 218 Å². The van der Waals surface area contributed by atoms with Crippen molar-refractivity contribution >= 4 is 43.1 Å². The summed E-state index contributed by atoms with van der Waals surface area (Å²) in [6, 6.07) is 77.1. The van der Waals surface area contributed by atoms with Crippen LogP contribution in [-0.4, -0.2) is 9.97 Å². The third-order valence-corrected chi connectivity index (χ3v) is 11.7. The van der Waals surface area contributed by atoms with E-state index in [1.807, 2.05) is 42.5 Å². The zero-order valence-corrected chi connectivity index (χ0v) is 32.5. The molecule has 0 N–H and O–H groups in total. The van der Waals surface area contributed by atoms with E-state index in [0.29, 0.717) is 11.4 Å². The van der Waals surface area contributed by atoms with Gasteiger partial charge in [-0.1, -0.05) is 170 Å². The Balaban J connectivity index is 0.947. The molecule has 0 aliphatic rings. The molecule has 0 aliphatic carbocycles. The molecule has 278 valence electrons. The second kappa shape index (κ2) is 14.6. The molecule has 0 aliphatic heterocycles. The van der Waals surface area contributed by atoms with Crippen LogP contribution in [0.1, 0.15) is 5.56 Å². The molecule has 0 saturated heterocycles. The number of benzene rings is 10. The van der Waals surface area contributed by atoms with Gasteiger partial charge in [0.1, 0.15) is 0 Å². The maximum Gasteiger partial charge on any atom is 0.160 e. The fraction of sp³-hybridized carbons (Fsp3) is 0. The van der Waals surface area contributed by atoms with Crippen molar-refractivity contribution in [3.8, 4) is 73.4 Å². The lowest BCUT2D eigenvalue weighted by molar-refractivity contribution is 1.18. The second-order valence-electron chi connectivity index (χ2n) is 15.3. The molecule has 0 fully saturated rings. The molecule has 11 aromatic rings. The normalized spacial score (nSPS) is 11.3. The first-order chi connectivity index (χ1) is 29.6. The van der Waals surface area contributed by atoms with E-state index in [0.717, 1.165) is 50.0 Å². The van der Waals surface area contributed by atoms with E-state index in [-0.39, 0.29) is 0 Å². The van der Waals surface area contributed by atoms with Crippen LogP contribution >= 0.6 is 0 Å². The quantitative estimate of drug-likeness (QED) is 0.125. The van der Waals surface area contributed by atoms with E-state index >= 15 is 0 Å². The fourth-order valence-corrected chi connectivity index (χ4v) is 8.60. The molecule has 0 amide bonds. The highest BCUT2D eigenvalue weighted by Crippen LogP contribution is 2.40. The van der Waals surface area contributed by atoms with Crippen LogP contribution in [0.3, 0.4) is 0 Å². The molecule has 1 aromatic heterocycles. The highest BCUT2D eigenvalue weighted by Gasteiger charge is 2.15. The minimum absolute atomic E-state index is 0.642. The highest BCUT2D eigenvalue weighted by atomic mass is 14.9. The molecule has 10 aromatic carbocycles. The Bertz CT molecular complexity index is 3470. The van der Waals surface area contributed by atoms with Crippen molar-refractivity contribution in [3.63, 3.8) is 0 Å². The fourth-order valence-electron chi connectivity index (χ4n) is 8.60. The Morgan fingerprint density at radius 2 is 0.850 bits per heavy atom. The topological polar surface area (TPSA) is 49.6 Å². The van der Waals surface area contributed by atoms with Gasteiger partial charge in [0.15, 0.2) is 5.82 Å². The summed E-state index contributed by atoms with van der Waals surface area (Å²) in [6.45, 7) is 0. The molecule has 3 nitrogen and oxygen atoms in total. The zero-order chi connectivity index (χ0) is 40.0. The Hall–Kier alpha value is -8.19. The Morgan fingerprint density at radius 1 is 0.300 bits per heavy atom. The summed E-state index contributed by atoms with van der Waals surface area (Å²) < 4.78 is 0. The number of nitrogens with zero attached hydrogens (tertiary/aromatic N) is 3. The van der Waals surface area contributed by atoms with Gasteiger partial charge in [-0.15, -0.1) is 0 Å². The molecule has 11 rings (SSSR count). The van der Waals surface area contributed by atoms with Crippen molar-refractivity contribution in [1.82, 2.24) is 9.97 Å². The third-order valence-electron chi connectivity index (χ3n) is 11.7. The van der Waals surface area contributed by atoms with Crippen molar-refractivity contribution in [2.45, 2.75) is 0 Å². The summed E-state index contributed by atoms with van der Waals surface area (Å²) in [6.07, 6.45) is 0. The minimum Gasteiger partial charge on any atom is -0.228 e. The van der Waals surface area contributed by atoms with Crippen LogP contribution in [0.5, 0.6) is 0 Å². The van der Waals surface area contributed by atoms with E-state index < -0.39 is 0 Å². The monoisotopic (exact) mass is 761 g/mol. The smallest absolute Gasteiger partial charge is 0.160 e. The predicted octanol–water partition coefficient (Wildman–Crippen LogP) is 15.0. The number of hydrogen-bond acceptors (Lipinski definition) is 3. The van der Waals surface area contributed by atoms with Crippen molar-refractivity contribution < 1.29 is 0 Å². The van der Waals surface area contributed by atoms with Gasteiger partial charge in [-0.3, -0.25) is 0 Å². The molecular formula is C57H35N3. The highest BCUT2D eigenvalue weighted by molar-refractivity contribution is 6.20. The summed E-state index contributed by atoms with van der Waals surface area (Å²) >= 11 is 0. The van der Waals surface area contributed by atoms with Crippen LogP contribution in [0, 0.1) is 11.3 Å². The molecule has 0 atom stereocenters. The van der Waals surface area contributed by atoms with E-state index in [1.54, 1.807) is 0 Å². The standard InChI is InChI=1S/C57H35N3/c58-36-37-17-19-38(20-18-37)43-13-8-14-48(32-43)55-35-54(41-10-2-1-3-11-41)59-57(60-55)49-28-27-45-31-44(25-26-46(45)33-49)39-21-23-42(24-22-39)56-51-16-7-5-12-47(51)34-53-50-15-6-4-9-40(50)29-30-52(53)56/h1-35H. The zero-order valence-electron chi connectivity index (χ0n) is 32.5. The molecule has 0 spiro atoms. The molecule has 0 unspecified atom stereocenters. The maximum atomic E-state index is 9.30. The van der Waals surface area contributed by atoms with Crippen LogP contribution < -0.4 is 0 Å². The van der Waals surface area contributed by atoms with Crippen LogP contribution in [0.2, 0.25) is 0 Å². The molecule has 1 heterocycles. The van der Waals surface area contributed by atoms with Gasteiger partial charge in [-0.2, -0.15) is 5.26 Å². The average Bonchev–Trinajstić information content (AvgIpc) is 3.33. The molecule has 3 heteroatoms. The van der Waals surface area contributed by atoms with Gasteiger partial charge < -0.3 is 0 Å². The van der Waals surface area contributed by atoms with Crippen LogP contribution in [-0.2, 0) is 0 Å². The Kier molecular flexibility index (Phi) is 8.54. The molecular weight excluding hydrogens is 727 g/mol.